The van der Waals surface area contributed by atoms with Crippen molar-refractivity contribution >= 4 is 11.8 Å². The molecule has 21 heavy (non-hydrogen) atoms. The highest BCUT2D eigenvalue weighted by Crippen LogP contribution is 2.30. The molecular formula is C15H18N2O4. The summed E-state index contributed by atoms with van der Waals surface area (Å²) in [6, 6.07) is 5.38. The summed E-state index contributed by atoms with van der Waals surface area (Å²) < 4.78 is 11.0. The first-order chi connectivity index (χ1) is 10.1. The van der Waals surface area contributed by atoms with Gasteiger partial charge in [-0.2, -0.15) is 0 Å². The minimum Gasteiger partial charge on any atom is -0.486 e. The SMILES string of the molecule is CC1C(=O)NCC(=O)N1CCc1ccc2c(c1)OCCO2. The van der Waals surface area contributed by atoms with Crippen molar-refractivity contribution < 1.29 is 19.1 Å². The molecule has 1 aromatic rings. The summed E-state index contributed by atoms with van der Waals surface area (Å²) in [6.45, 7) is 3.48. The fourth-order valence-electron chi connectivity index (χ4n) is 2.58. The van der Waals surface area contributed by atoms with Gasteiger partial charge in [0, 0.05) is 6.54 Å². The number of carbonyl (C=O) groups excluding carboxylic acids is 2. The molecule has 0 spiro atoms. The van der Waals surface area contributed by atoms with E-state index in [9.17, 15) is 9.59 Å². The maximum absolute atomic E-state index is 11.9. The summed E-state index contributed by atoms with van der Waals surface area (Å²) >= 11 is 0. The number of benzene rings is 1. The van der Waals surface area contributed by atoms with E-state index >= 15 is 0 Å². The first kappa shape index (κ1) is 13.7. The molecule has 112 valence electrons. The molecule has 1 saturated heterocycles. The van der Waals surface area contributed by atoms with Crippen LogP contribution in [0.25, 0.3) is 0 Å². The molecule has 1 N–H and O–H groups in total. The average Bonchev–Trinajstić information content (AvgIpc) is 2.51. The maximum Gasteiger partial charge on any atom is 0.242 e. The number of piperazine rings is 1. The van der Waals surface area contributed by atoms with Gasteiger partial charge in [0.05, 0.1) is 6.54 Å². The van der Waals surface area contributed by atoms with Gasteiger partial charge in [-0.25, -0.2) is 0 Å². The minimum atomic E-state index is -0.413. The fourth-order valence-corrected chi connectivity index (χ4v) is 2.58. The molecule has 0 aliphatic carbocycles. The Hall–Kier alpha value is -2.24. The van der Waals surface area contributed by atoms with Gasteiger partial charge in [0.15, 0.2) is 11.5 Å². The third-order valence-electron chi connectivity index (χ3n) is 3.83. The number of fused-ring (bicyclic) bond motifs is 1. The first-order valence-electron chi connectivity index (χ1n) is 7.11. The predicted octanol–water partition coefficient (Wildman–Crippen LogP) is 0.347. The van der Waals surface area contributed by atoms with Crippen LogP contribution in [0.15, 0.2) is 18.2 Å². The van der Waals surface area contributed by atoms with Crippen molar-refractivity contribution in [3.05, 3.63) is 23.8 Å². The average molecular weight is 290 g/mol. The van der Waals surface area contributed by atoms with Crippen LogP contribution in [0.3, 0.4) is 0 Å². The van der Waals surface area contributed by atoms with Gasteiger partial charge in [-0.15, -0.1) is 0 Å². The highest BCUT2D eigenvalue weighted by molar-refractivity contribution is 5.94. The number of hydrogen-bond donors (Lipinski definition) is 1. The summed E-state index contributed by atoms with van der Waals surface area (Å²) in [5.41, 5.74) is 1.06. The summed E-state index contributed by atoms with van der Waals surface area (Å²) in [5, 5.41) is 2.58. The van der Waals surface area contributed by atoms with Crippen molar-refractivity contribution in [3.8, 4) is 11.5 Å². The fraction of sp³-hybridized carbons (Fsp3) is 0.467. The van der Waals surface area contributed by atoms with Crippen LogP contribution in [0.1, 0.15) is 12.5 Å². The number of ether oxygens (including phenoxy) is 2. The van der Waals surface area contributed by atoms with E-state index in [1.165, 1.54) is 0 Å². The lowest BCUT2D eigenvalue weighted by atomic mass is 10.1. The summed E-state index contributed by atoms with van der Waals surface area (Å²) in [6.07, 6.45) is 0.681. The van der Waals surface area contributed by atoms with Crippen LogP contribution in [0.4, 0.5) is 0 Å². The van der Waals surface area contributed by atoms with Crippen LogP contribution in [-0.4, -0.2) is 49.1 Å². The lowest BCUT2D eigenvalue weighted by Gasteiger charge is -2.32. The van der Waals surface area contributed by atoms with Crippen molar-refractivity contribution in [1.82, 2.24) is 10.2 Å². The van der Waals surface area contributed by atoms with E-state index in [4.69, 9.17) is 9.47 Å². The zero-order valence-corrected chi connectivity index (χ0v) is 11.9. The standard InChI is InChI=1S/C15H18N2O4/c1-10-15(19)16-9-14(18)17(10)5-4-11-2-3-12-13(8-11)21-7-6-20-12/h2-3,8,10H,4-7,9H2,1H3,(H,16,19). The molecule has 0 bridgehead atoms. The van der Waals surface area contributed by atoms with E-state index < -0.39 is 6.04 Å². The first-order valence-corrected chi connectivity index (χ1v) is 7.11. The normalized spacial score (nSPS) is 21.2. The van der Waals surface area contributed by atoms with E-state index in [1.54, 1.807) is 11.8 Å². The second kappa shape index (κ2) is 5.63. The Labute approximate surface area is 123 Å². The second-order valence-corrected chi connectivity index (χ2v) is 5.21. The summed E-state index contributed by atoms with van der Waals surface area (Å²) in [4.78, 5) is 25.1. The minimum absolute atomic E-state index is 0.0420. The molecule has 1 atom stereocenters. The molecule has 6 nitrogen and oxygen atoms in total. The third-order valence-corrected chi connectivity index (χ3v) is 3.83. The van der Waals surface area contributed by atoms with Gasteiger partial charge in [-0.05, 0) is 31.0 Å². The third kappa shape index (κ3) is 2.79. The molecule has 6 heteroatoms. The van der Waals surface area contributed by atoms with Crippen LogP contribution in [0, 0.1) is 0 Å². The summed E-state index contributed by atoms with van der Waals surface area (Å²) in [5.74, 6) is 1.36. The second-order valence-electron chi connectivity index (χ2n) is 5.21. The van der Waals surface area contributed by atoms with Crippen LogP contribution in [0.5, 0.6) is 11.5 Å². The van der Waals surface area contributed by atoms with Gasteiger partial charge in [0.2, 0.25) is 11.8 Å². The van der Waals surface area contributed by atoms with Crippen LogP contribution in [0.2, 0.25) is 0 Å². The quantitative estimate of drug-likeness (QED) is 0.872. The highest BCUT2D eigenvalue weighted by Gasteiger charge is 2.30. The zero-order valence-electron chi connectivity index (χ0n) is 11.9. The van der Waals surface area contributed by atoms with Crippen LogP contribution >= 0.6 is 0 Å². The highest BCUT2D eigenvalue weighted by atomic mass is 16.6. The lowest BCUT2D eigenvalue weighted by Crippen LogP contribution is -2.57. The Morgan fingerprint density at radius 3 is 2.81 bits per heavy atom. The topological polar surface area (TPSA) is 67.9 Å². The monoisotopic (exact) mass is 290 g/mol. The molecule has 0 saturated carbocycles. The number of hydrogen-bond acceptors (Lipinski definition) is 4. The number of carbonyl (C=O) groups is 2. The maximum atomic E-state index is 11.9. The summed E-state index contributed by atoms with van der Waals surface area (Å²) in [7, 11) is 0. The number of rotatable bonds is 3. The van der Waals surface area contributed by atoms with Crippen molar-refractivity contribution in [3.63, 3.8) is 0 Å². The Balaban J connectivity index is 1.67. The van der Waals surface area contributed by atoms with Gasteiger partial charge in [-0.3, -0.25) is 9.59 Å². The van der Waals surface area contributed by atoms with E-state index in [1.807, 2.05) is 18.2 Å². The lowest BCUT2D eigenvalue weighted by molar-refractivity contribution is -0.144. The van der Waals surface area contributed by atoms with Gasteiger partial charge in [0.25, 0.3) is 0 Å². The number of nitrogens with zero attached hydrogens (tertiary/aromatic N) is 1. The Kier molecular flexibility index (Phi) is 3.68. The van der Waals surface area contributed by atoms with Gasteiger partial charge in [0.1, 0.15) is 19.3 Å². The largest absolute Gasteiger partial charge is 0.486 e. The predicted molar refractivity (Wildman–Crippen MR) is 75.3 cm³/mol. The zero-order chi connectivity index (χ0) is 14.8. The van der Waals surface area contributed by atoms with E-state index in [0.717, 1.165) is 17.1 Å². The molecule has 1 unspecified atom stereocenters. The number of amides is 2. The van der Waals surface area contributed by atoms with Gasteiger partial charge >= 0.3 is 0 Å². The molecule has 2 amide bonds. The molecule has 0 aromatic heterocycles. The Morgan fingerprint density at radius 1 is 1.24 bits per heavy atom. The van der Waals surface area contributed by atoms with E-state index in [2.05, 4.69) is 5.32 Å². The molecular weight excluding hydrogens is 272 g/mol. The molecule has 2 aliphatic rings. The van der Waals surface area contributed by atoms with Crippen molar-refractivity contribution in [2.24, 2.45) is 0 Å². The number of nitrogens with one attached hydrogen (secondary N) is 1. The van der Waals surface area contributed by atoms with Crippen molar-refractivity contribution in [2.45, 2.75) is 19.4 Å². The molecule has 3 rings (SSSR count). The molecule has 1 fully saturated rings. The Morgan fingerprint density at radius 2 is 2.00 bits per heavy atom. The van der Waals surface area contributed by atoms with Crippen molar-refractivity contribution in [1.29, 1.82) is 0 Å². The molecule has 1 aromatic carbocycles. The molecule has 0 radical (unpaired) electrons. The van der Waals surface area contributed by atoms with E-state index in [0.29, 0.717) is 26.2 Å². The van der Waals surface area contributed by atoms with Crippen LogP contribution < -0.4 is 14.8 Å². The van der Waals surface area contributed by atoms with Crippen LogP contribution in [-0.2, 0) is 16.0 Å². The van der Waals surface area contributed by atoms with Crippen molar-refractivity contribution in [2.75, 3.05) is 26.3 Å². The van der Waals surface area contributed by atoms with Gasteiger partial charge in [-0.1, -0.05) is 6.07 Å². The molecule has 2 aliphatic heterocycles. The smallest absolute Gasteiger partial charge is 0.242 e. The van der Waals surface area contributed by atoms with E-state index in [-0.39, 0.29) is 18.4 Å². The van der Waals surface area contributed by atoms with Gasteiger partial charge < -0.3 is 19.7 Å². The molecule has 2 heterocycles. The Bertz CT molecular complexity index is 573.